The maximum atomic E-state index is 12.0. The Morgan fingerprint density at radius 1 is 1.38 bits per heavy atom. The van der Waals surface area contributed by atoms with Gasteiger partial charge in [0.1, 0.15) is 0 Å². The molecule has 1 aliphatic rings. The van der Waals surface area contributed by atoms with Crippen molar-refractivity contribution in [2.45, 2.75) is 51.7 Å². The summed E-state index contributed by atoms with van der Waals surface area (Å²) in [6.45, 7) is 10.6. The second kappa shape index (κ2) is 5.95. The summed E-state index contributed by atoms with van der Waals surface area (Å²) in [5.41, 5.74) is 0. The Morgan fingerprint density at radius 2 is 2.00 bits per heavy atom. The third-order valence-corrected chi connectivity index (χ3v) is 3.91. The smallest absolute Gasteiger partial charge is 0.232 e. The monoisotopic (exact) mass is 243 g/mol. The Balaban J connectivity index is 2.33. The van der Waals surface area contributed by atoms with Crippen LogP contribution in [-0.2, 0) is 4.79 Å². The molecule has 0 N–H and O–H groups in total. The Bertz CT molecular complexity index is 231. The topological polar surface area (TPSA) is 20.3 Å². The highest BCUT2D eigenvalue weighted by molar-refractivity contribution is 8.01. The first-order valence-electron chi connectivity index (χ1n) is 6.34. The van der Waals surface area contributed by atoms with Gasteiger partial charge in [-0.2, -0.15) is 0 Å². The molecule has 0 bridgehead atoms. The van der Waals surface area contributed by atoms with Gasteiger partial charge in [-0.15, -0.1) is 11.8 Å². The highest BCUT2D eigenvalue weighted by Gasteiger charge is 2.26. The molecule has 3 heteroatoms. The molecule has 0 aromatic carbocycles. The van der Waals surface area contributed by atoms with Crippen molar-refractivity contribution in [3.05, 3.63) is 0 Å². The summed E-state index contributed by atoms with van der Waals surface area (Å²) in [7, 11) is 0. The molecular formula is C13H25NOS. The minimum Gasteiger partial charge on any atom is -0.342 e. The molecule has 0 atom stereocenters. The first-order valence-corrected chi connectivity index (χ1v) is 7.32. The molecule has 16 heavy (non-hydrogen) atoms. The van der Waals surface area contributed by atoms with Crippen LogP contribution in [0.1, 0.15) is 47.0 Å². The van der Waals surface area contributed by atoms with E-state index in [4.69, 9.17) is 0 Å². The molecule has 2 nitrogen and oxygen atoms in total. The van der Waals surface area contributed by atoms with Crippen LogP contribution in [0, 0.1) is 5.92 Å². The van der Waals surface area contributed by atoms with Crippen molar-refractivity contribution in [3.63, 3.8) is 0 Å². The van der Waals surface area contributed by atoms with Crippen LogP contribution in [0.15, 0.2) is 0 Å². The van der Waals surface area contributed by atoms with Gasteiger partial charge in [0.25, 0.3) is 0 Å². The van der Waals surface area contributed by atoms with E-state index < -0.39 is 0 Å². The predicted molar refractivity (Wildman–Crippen MR) is 71.8 cm³/mol. The number of amides is 1. The number of rotatable bonds is 6. The highest BCUT2D eigenvalue weighted by Crippen LogP contribution is 2.30. The maximum absolute atomic E-state index is 12.0. The van der Waals surface area contributed by atoms with E-state index in [0.717, 1.165) is 25.4 Å². The van der Waals surface area contributed by atoms with E-state index in [1.165, 1.54) is 12.8 Å². The fraction of sp³-hybridized carbons (Fsp3) is 0.923. The van der Waals surface area contributed by atoms with Gasteiger partial charge in [0.2, 0.25) is 5.91 Å². The van der Waals surface area contributed by atoms with Crippen LogP contribution in [0.25, 0.3) is 0 Å². The van der Waals surface area contributed by atoms with Gasteiger partial charge in [-0.25, -0.2) is 0 Å². The lowest BCUT2D eigenvalue weighted by molar-refractivity contribution is -0.128. The summed E-state index contributed by atoms with van der Waals surface area (Å²) >= 11 is 1.75. The Kier molecular flexibility index (Phi) is 5.16. The van der Waals surface area contributed by atoms with Crippen LogP contribution in [-0.4, -0.2) is 34.4 Å². The quantitative estimate of drug-likeness (QED) is 0.714. The first-order chi connectivity index (χ1) is 7.42. The summed E-state index contributed by atoms with van der Waals surface area (Å²) in [5.74, 6) is 1.76. The van der Waals surface area contributed by atoms with E-state index in [9.17, 15) is 4.79 Å². The fourth-order valence-corrected chi connectivity index (χ4v) is 2.31. The van der Waals surface area contributed by atoms with Crippen molar-refractivity contribution >= 4 is 17.7 Å². The minimum atomic E-state index is 0.188. The van der Waals surface area contributed by atoms with Gasteiger partial charge < -0.3 is 4.90 Å². The normalized spacial score (nSPS) is 16.2. The predicted octanol–water partition coefficient (Wildman–Crippen LogP) is 3.17. The standard InChI is InChI=1S/C13H25NOS/c1-5-8-14(9-11-6-7-11)12(15)10-16-13(2,3)4/h11H,5-10H2,1-4H3. The molecule has 0 aliphatic heterocycles. The van der Waals surface area contributed by atoms with Crippen LogP contribution in [0.3, 0.4) is 0 Å². The number of nitrogens with zero attached hydrogens (tertiary/aromatic N) is 1. The molecule has 1 fully saturated rings. The zero-order valence-corrected chi connectivity index (χ0v) is 11.9. The molecule has 94 valence electrons. The molecule has 0 aromatic heterocycles. The van der Waals surface area contributed by atoms with E-state index in [1.54, 1.807) is 11.8 Å². The molecule has 1 amide bonds. The van der Waals surface area contributed by atoms with Crippen molar-refractivity contribution in [3.8, 4) is 0 Å². The van der Waals surface area contributed by atoms with Gasteiger partial charge in [-0.1, -0.05) is 27.7 Å². The fourth-order valence-electron chi connectivity index (χ4n) is 1.57. The third-order valence-electron chi connectivity index (χ3n) is 2.65. The molecule has 1 saturated carbocycles. The molecule has 1 rings (SSSR count). The van der Waals surface area contributed by atoms with E-state index >= 15 is 0 Å². The molecule has 0 radical (unpaired) electrons. The largest absolute Gasteiger partial charge is 0.342 e. The van der Waals surface area contributed by atoms with Crippen molar-refractivity contribution < 1.29 is 4.79 Å². The van der Waals surface area contributed by atoms with Crippen LogP contribution < -0.4 is 0 Å². The number of carbonyl (C=O) groups excluding carboxylic acids is 1. The Hall–Kier alpha value is -0.180. The lowest BCUT2D eigenvalue weighted by Gasteiger charge is -2.24. The molecule has 0 unspecified atom stereocenters. The SMILES string of the molecule is CCCN(CC1CC1)C(=O)CSC(C)(C)C. The van der Waals surface area contributed by atoms with Crippen LogP contribution in [0.2, 0.25) is 0 Å². The average molecular weight is 243 g/mol. The van der Waals surface area contributed by atoms with Crippen LogP contribution in [0.5, 0.6) is 0 Å². The average Bonchev–Trinajstić information content (AvgIpc) is 2.96. The Labute approximate surface area is 104 Å². The molecule has 0 heterocycles. The van der Waals surface area contributed by atoms with Crippen molar-refractivity contribution in [1.82, 2.24) is 4.90 Å². The van der Waals surface area contributed by atoms with Gasteiger partial charge in [0.05, 0.1) is 5.75 Å². The van der Waals surface area contributed by atoms with Crippen molar-refractivity contribution in [2.24, 2.45) is 5.92 Å². The number of hydrogen-bond donors (Lipinski definition) is 0. The minimum absolute atomic E-state index is 0.188. The summed E-state index contributed by atoms with van der Waals surface area (Å²) in [4.78, 5) is 14.1. The second-order valence-electron chi connectivity index (χ2n) is 5.68. The molecule has 0 saturated heterocycles. The molecule has 0 spiro atoms. The van der Waals surface area contributed by atoms with E-state index in [2.05, 4.69) is 32.6 Å². The van der Waals surface area contributed by atoms with Gasteiger partial charge in [0.15, 0.2) is 0 Å². The van der Waals surface area contributed by atoms with E-state index in [-0.39, 0.29) is 4.75 Å². The molecule has 1 aliphatic carbocycles. The first kappa shape index (κ1) is 13.9. The Morgan fingerprint density at radius 3 is 2.44 bits per heavy atom. The summed E-state index contributed by atoms with van der Waals surface area (Å²) in [6.07, 6.45) is 3.71. The zero-order valence-electron chi connectivity index (χ0n) is 11.1. The highest BCUT2D eigenvalue weighted by atomic mass is 32.2. The van der Waals surface area contributed by atoms with Gasteiger partial charge >= 0.3 is 0 Å². The van der Waals surface area contributed by atoms with Crippen LogP contribution >= 0.6 is 11.8 Å². The van der Waals surface area contributed by atoms with Gasteiger partial charge in [-0.3, -0.25) is 4.79 Å². The van der Waals surface area contributed by atoms with Crippen molar-refractivity contribution in [2.75, 3.05) is 18.8 Å². The maximum Gasteiger partial charge on any atom is 0.232 e. The second-order valence-corrected chi connectivity index (χ2v) is 7.49. The zero-order chi connectivity index (χ0) is 12.2. The molecule has 0 aromatic rings. The summed E-state index contributed by atoms with van der Waals surface area (Å²) < 4.78 is 0.188. The van der Waals surface area contributed by atoms with E-state index in [0.29, 0.717) is 11.7 Å². The van der Waals surface area contributed by atoms with Gasteiger partial charge in [0, 0.05) is 17.8 Å². The summed E-state index contributed by atoms with van der Waals surface area (Å²) in [5, 5.41) is 0. The number of hydrogen-bond acceptors (Lipinski definition) is 2. The lowest BCUT2D eigenvalue weighted by atomic mass is 10.3. The van der Waals surface area contributed by atoms with Crippen LogP contribution in [0.4, 0.5) is 0 Å². The van der Waals surface area contributed by atoms with Gasteiger partial charge in [-0.05, 0) is 25.2 Å². The number of thioether (sulfide) groups is 1. The van der Waals surface area contributed by atoms with Crippen molar-refractivity contribution in [1.29, 1.82) is 0 Å². The number of carbonyl (C=O) groups is 1. The lowest BCUT2D eigenvalue weighted by Crippen LogP contribution is -2.35. The molecular weight excluding hydrogens is 218 g/mol. The summed E-state index contributed by atoms with van der Waals surface area (Å²) in [6, 6.07) is 0. The van der Waals surface area contributed by atoms with E-state index in [1.807, 2.05) is 0 Å². The third kappa shape index (κ3) is 5.78.